The van der Waals surface area contributed by atoms with Crippen LogP contribution in [0.25, 0.3) is 16.9 Å². The van der Waals surface area contributed by atoms with Crippen LogP contribution in [0.1, 0.15) is 6.92 Å². The summed E-state index contributed by atoms with van der Waals surface area (Å²) in [6.07, 6.45) is 1.88. The molecule has 8 heteroatoms. The van der Waals surface area contributed by atoms with Gasteiger partial charge in [-0.3, -0.25) is 9.20 Å². The molecule has 3 heterocycles. The molecule has 130 valence electrons. The van der Waals surface area contributed by atoms with E-state index in [1.165, 1.54) is 23.1 Å². The molecule has 0 radical (unpaired) electrons. The van der Waals surface area contributed by atoms with Gasteiger partial charge in [0.15, 0.2) is 15.9 Å². The molecule has 0 saturated carbocycles. The number of amides is 1. The Labute approximate surface area is 158 Å². The molecule has 0 fully saturated rings. The summed E-state index contributed by atoms with van der Waals surface area (Å²) in [6, 6.07) is 15.6. The number of fused-ring (bicyclic) bond motifs is 1. The minimum atomic E-state index is -0.327. The second-order valence-electron chi connectivity index (χ2n) is 5.56. The fraction of sp³-hybridized carbons (Fsp3) is 0.111. The Balaban J connectivity index is 1.44. The van der Waals surface area contributed by atoms with E-state index in [9.17, 15) is 4.79 Å². The highest BCUT2D eigenvalue weighted by Gasteiger charge is 2.19. The molecule has 1 unspecified atom stereocenters. The Hall–Kier alpha value is -2.71. The van der Waals surface area contributed by atoms with Gasteiger partial charge in [-0.1, -0.05) is 48.2 Å². The number of carbonyl (C=O) groups excluding carboxylic acids is 1. The molecule has 6 nitrogen and oxygen atoms in total. The lowest BCUT2D eigenvalue weighted by Crippen LogP contribution is -2.22. The molecule has 0 spiro atoms. The van der Waals surface area contributed by atoms with Crippen LogP contribution < -0.4 is 5.32 Å². The molecule has 26 heavy (non-hydrogen) atoms. The van der Waals surface area contributed by atoms with Crippen molar-refractivity contribution in [2.75, 3.05) is 5.32 Å². The van der Waals surface area contributed by atoms with Gasteiger partial charge in [-0.25, -0.2) is 4.98 Å². The maximum atomic E-state index is 12.5. The molecule has 1 amide bonds. The largest absolute Gasteiger partial charge is 0.301 e. The molecule has 0 aliphatic carbocycles. The lowest BCUT2D eigenvalue weighted by molar-refractivity contribution is -0.115. The molecular formula is C18H15N5OS2. The first kappa shape index (κ1) is 16.7. The molecule has 4 aromatic rings. The number of hydrogen-bond acceptors (Lipinski definition) is 6. The van der Waals surface area contributed by atoms with Crippen molar-refractivity contribution in [3.63, 3.8) is 0 Å². The van der Waals surface area contributed by atoms with Crippen molar-refractivity contribution in [2.24, 2.45) is 0 Å². The van der Waals surface area contributed by atoms with Gasteiger partial charge in [-0.2, -0.15) is 0 Å². The third-order valence-corrected chi connectivity index (χ3v) is 5.55. The number of nitrogens with zero attached hydrogens (tertiary/aromatic N) is 4. The highest BCUT2D eigenvalue weighted by Crippen LogP contribution is 2.26. The van der Waals surface area contributed by atoms with Crippen molar-refractivity contribution in [3.8, 4) is 11.3 Å². The molecule has 0 aliphatic rings. The minimum Gasteiger partial charge on any atom is -0.301 e. The van der Waals surface area contributed by atoms with Crippen LogP contribution >= 0.6 is 23.1 Å². The van der Waals surface area contributed by atoms with Crippen molar-refractivity contribution < 1.29 is 4.79 Å². The molecule has 3 aromatic heterocycles. The second-order valence-corrected chi connectivity index (χ2v) is 7.73. The van der Waals surface area contributed by atoms with E-state index in [0.717, 1.165) is 16.9 Å². The number of pyridine rings is 1. The first-order valence-electron chi connectivity index (χ1n) is 7.99. The van der Waals surface area contributed by atoms with Gasteiger partial charge in [0.2, 0.25) is 5.91 Å². The number of thioether (sulfide) groups is 1. The van der Waals surface area contributed by atoms with E-state index in [4.69, 9.17) is 0 Å². The SMILES string of the molecule is CC(Sc1nnc2ccccn12)C(=O)Nc1nc(-c2ccccc2)cs1. The van der Waals surface area contributed by atoms with E-state index in [0.29, 0.717) is 10.3 Å². The molecule has 1 N–H and O–H groups in total. The van der Waals surface area contributed by atoms with Crippen LogP contribution in [0.2, 0.25) is 0 Å². The normalized spacial score (nSPS) is 12.2. The number of nitrogens with one attached hydrogen (secondary N) is 1. The Morgan fingerprint density at radius 1 is 1.15 bits per heavy atom. The van der Waals surface area contributed by atoms with Gasteiger partial charge in [0.1, 0.15) is 0 Å². The van der Waals surface area contributed by atoms with Crippen LogP contribution in [0, 0.1) is 0 Å². The summed E-state index contributed by atoms with van der Waals surface area (Å²) < 4.78 is 1.87. The molecule has 1 aromatic carbocycles. The number of benzene rings is 1. The zero-order valence-electron chi connectivity index (χ0n) is 13.9. The van der Waals surface area contributed by atoms with Gasteiger partial charge in [0.05, 0.1) is 10.9 Å². The van der Waals surface area contributed by atoms with Crippen molar-refractivity contribution >= 4 is 39.8 Å². The number of rotatable bonds is 5. The molecule has 1 atom stereocenters. The highest BCUT2D eigenvalue weighted by atomic mass is 32.2. The standard InChI is InChI=1S/C18H15N5OS2/c1-12(26-18-22-21-15-9-5-6-10-23(15)18)16(24)20-17-19-14(11-25-17)13-7-3-2-4-8-13/h2-12H,1H3,(H,19,20,24). The second kappa shape index (κ2) is 7.27. The number of carbonyl (C=O) groups is 1. The molecule has 0 aliphatic heterocycles. The third kappa shape index (κ3) is 3.47. The van der Waals surface area contributed by atoms with Gasteiger partial charge < -0.3 is 5.32 Å². The zero-order chi connectivity index (χ0) is 17.9. The first-order chi connectivity index (χ1) is 12.7. The summed E-state index contributed by atoms with van der Waals surface area (Å²) in [5, 5.41) is 14.0. The van der Waals surface area contributed by atoms with E-state index >= 15 is 0 Å². The monoisotopic (exact) mass is 381 g/mol. The van der Waals surface area contributed by atoms with Crippen molar-refractivity contribution in [1.82, 2.24) is 19.6 Å². The van der Waals surface area contributed by atoms with Crippen LogP contribution in [-0.2, 0) is 4.79 Å². The average Bonchev–Trinajstić information content (AvgIpc) is 3.30. The predicted octanol–water partition coefficient (Wildman–Crippen LogP) is 3.97. The molecule has 4 rings (SSSR count). The van der Waals surface area contributed by atoms with Crippen molar-refractivity contribution in [1.29, 1.82) is 0 Å². The van der Waals surface area contributed by atoms with Crippen LogP contribution in [0.5, 0.6) is 0 Å². The third-order valence-electron chi connectivity index (χ3n) is 3.74. The van der Waals surface area contributed by atoms with Crippen LogP contribution in [0.15, 0.2) is 65.3 Å². The fourth-order valence-corrected chi connectivity index (χ4v) is 3.95. The number of anilines is 1. The molecular weight excluding hydrogens is 366 g/mol. The van der Waals surface area contributed by atoms with Gasteiger partial charge in [0, 0.05) is 17.1 Å². The topological polar surface area (TPSA) is 72.2 Å². The van der Waals surface area contributed by atoms with Gasteiger partial charge in [-0.15, -0.1) is 21.5 Å². The van der Waals surface area contributed by atoms with E-state index in [1.54, 1.807) is 0 Å². The van der Waals surface area contributed by atoms with Crippen LogP contribution in [-0.4, -0.2) is 30.7 Å². The number of hydrogen-bond donors (Lipinski definition) is 1. The summed E-state index contributed by atoms with van der Waals surface area (Å²) in [7, 11) is 0. The van der Waals surface area contributed by atoms with Gasteiger partial charge in [0.25, 0.3) is 0 Å². The summed E-state index contributed by atoms with van der Waals surface area (Å²) >= 11 is 2.78. The Bertz CT molecular complexity index is 1040. The van der Waals surface area contributed by atoms with E-state index < -0.39 is 0 Å². The summed E-state index contributed by atoms with van der Waals surface area (Å²) in [5.41, 5.74) is 2.64. The average molecular weight is 381 g/mol. The lowest BCUT2D eigenvalue weighted by atomic mass is 10.2. The minimum absolute atomic E-state index is 0.114. The summed E-state index contributed by atoms with van der Waals surface area (Å²) in [4.78, 5) is 17.0. The van der Waals surface area contributed by atoms with Gasteiger partial charge in [-0.05, 0) is 19.1 Å². The number of thiazole rings is 1. The smallest absolute Gasteiger partial charge is 0.239 e. The Morgan fingerprint density at radius 3 is 2.81 bits per heavy atom. The van der Waals surface area contributed by atoms with E-state index in [1.807, 2.05) is 71.4 Å². The maximum absolute atomic E-state index is 12.5. The summed E-state index contributed by atoms with van der Waals surface area (Å²) in [6.45, 7) is 1.84. The quantitative estimate of drug-likeness (QED) is 0.530. The predicted molar refractivity (Wildman–Crippen MR) is 104 cm³/mol. The lowest BCUT2D eigenvalue weighted by Gasteiger charge is -2.09. The Morgan fingerprint density at radius 2 is 1.96 bits per heavy atom. The Kier molecular flexibility index (Phi) is 4.68. The molecule has 0 saturated heterocycles. The van der Waals surface area contributed by atoms with Gasteiger partial charge >= 0.3 is 0 Å². The van der Waals surface area contributed by atoms with Crippen LogP contribution in [0.4, 0.5) is 5.13 Å². The summed E-state index contributed by atoms with van der Waals surface area (Å²) in [5.74, 6) is -0.114. The zero-order valence-corrected chi connectivity index (χ0v) is 15.5. The molecule has 0 bridgehead atoms. The highest BCUT2D eigenvalue weighted by molar-refractivity contribution is 8.00. The van der Waals surface area contributed by atoms with Crippen molar-refractivity contribution in [2.45, 2.75) is 17.3 Å². The first-order valence-corrected chi connectivity index (χ1v) is 9.75. The number of aromatic nitrogens is 4. The van der Waals surface area contributed by atoms with Crippen molar-refractivity contribution in [3.05, 3.63) is 60.1 Å². The van der Waals surface area contributed by atoms with E-state index in [-0.39, 0.29) is 11.2 Å². The van der Waals surface area contributed by atoms with Crippen LogP contribution in [0.3, 0.4) is 0 Å². The fourth-order valence-electron chi connectivity index (χ4n) is 2.39. The van der Waals surface area contributed by atoms with E-state index in [2.05, 4.69) is 20.5 Å². The maximum Gasteiger partial charge on any atom is 0.239 e.